The van der Waals surface area contributed by atoms with Crippen LogP contribution < -0.4 is 0 Å². The molecule has 5 nitrogen and oxygen atoms in total. The smallest absolute Gasteiger partial charge is 0.330 e. The van der Waals surface area contributed by atoms with Crippen LogP contribution in [0.4, 0.5) is 0 Å². The summed E-state index contributed by atoms with van der Waals surface area (Å²) in [4.78, 5) is 14.1. The molecular formula is C17H18BrN3O2. The first kappa shape index (κ1) is 18.8. The Morgan fingerprint density at radius 3 is 2.83 bits per heavy atom. The molecular weight excluding hydrogens is 358 g/mol. The molecule has 0 unspecified atom stereocenters. The number of hydrogen-bond acceptors (Lipinski definition) is 3. The summed E-state index contributed by atoms with van der Waals surface area (Å²) in [6, 6.07) is 7.76. The van der Waals surface area contributed by atoms with Crippen molar-refractivity contribution in [3.05, 3.63) is 68.2 Å². The van der Waals surface area contributed by atoms with Crippen molar-refractivity contribution in [1.82, 2.24) is 0 Å². The Morgan fingerprint density at radius 2 is 2.17 bits per heavy atom. The molecule has 0 aliphatic rings. The number of esters is 1. The maximum Gasteiger partial charge on any atom is 0.330 e. The summed E-state index contributed by atoms with van der Waals surface area (Å²) in [5.74, 6) is -0.384. The zero-order valence-corrected chi connectivity index (χ0v) is 14.7. The average molecular weight is 376 g/mol. The van der Waals surface area contributed by atoms with E-state index >= 15 is 0 Å². The molecule has 0 atom stereocenters. The van der Waals surface area contributed by atoms with Gasteiger partial charge in [-0.05, 0) is 49.1 Å². The van der Waals surface area contributed by atoms with E-state index in [2.05, 4.69) is 31.7 Å². The number of benzene rings is 1. The Bertz CT molecular complexity index is 698. The van der Waals surface area contributed by atoms with Gasteiger partial charge in [-0.25, -0.2) is 4.79 Å². The van der Waals surface area contributed by atoms with Crippen molar-refractivity contribution >= 4 is 27.5 Å². The highest BCUT2D eigenvalue weighted by atomic mass is 79.9. The minimum Gasteiger partial charge on any atom is -0.463 e. The summed E-state index contributed by atoms with van der Waals surface area (Å²) in [6.07, 6.45) is 3.58. The molecule has 0 fully saturated rings. The zero-order valence-electron chi connectivity index (χ0n) is 13.1. The van der Waals surface area contributed by atoms with Gasteiger partial charge in [-0.15, -0.1) is 5.73 Å². The number of hydrogen-bond donors (Lipinski definition) is 0. The first-order chi connectivity index (χ1) is 11.1. The fraction of sp³-hybridized carbons (Fsp3) is 0.294. The molecule has 0 aromatic heterocycles. The Kier molecular flexibility index (Phi) is 8.55. The Morgan fingerprint density at radius 1 is 1.43 bits per heavy atom. The van der Waals surface area contributed by atoms with Gasteiger partial charge < -0.3 is 4.74 Å². The Balaban J connectivity index is 3.16. The van der Waals surface area contributed by atoms with Crippen molar-refractivity contribution in [2.75, 3.05) is 13.2 Å². The molecule has 0 radical (unpaired) electrons. The van der Waals surface area contributed by atoms with Crippen LogP contribution in [0.5, 0.6) is 0 Å². The molecule has 0 amide bonds. The zero-order chi connectivity index (χ0) is 17.1. The van der Waals surface area contributed by atoms with Crippen LogP contribution in [0, 0.1) is 0 Å². The largest absolute Gasteiger partial charge is 0.463 e. The summed E-state index contributed by atoms with van der Waals surface area (Å²) in [7, 11) is 0. The Labute approximate surface area is 144 Å². The van der Waals surface area contributed by atoms with Crippen molar-refractivity contribution in [2.24, 2.45) is 5.11 Å². The van der Waals surface area contributed by atoms with E-state index in [1.807, 2.05) is 31.2 Å². The number of azide groups is 1. The molecule has 0 saturated heterocycles. The van der Waals surface area contributed by atoms with Gasteiger partial charge in [0.1, 0.15) is 0 Å². The summed E-state index contributed by atoms with van der Waals surface area (Å²) in [5, 5.41) is 3.58. The number of carbonyl (C=O) groups excluding carboxylic acids is 1. The molecule has 0 spiro atoms. The predicted molar refractivity (Wildman–Crippen MR) is 94.7 cm³/mol. The lowest BCUT2D eigenvalue weighted by molar-refractivity contribution is -0.137. The van der Waals surface area contributed by atoms with Crippen LogP contribution >= 0.6 is 15.9 Å². The van der Waals surface area contributed by atoms with Gasteiger partial charge in [-0.3, -0.25) is 0 Å². The second kappa shape index (κ2) is 10.5. The van der Waals surface area contributed by atoms with Crippen LogP contribution in [0.3, 0.4) is 0 Å². The highest BCUT2D eigenvalue weighted by Crippen LogP contribution is 2.26. The maximum atomic E-state index is 11.3. The molecule has 0 heterocycles. The molecule has 0 bridgehead atoms. The molecule has 0 N–H and O–H groups in total. The van der Waals surface area contributed by atoms with Crippen molar-refractivity contribution in [3.63, 3.8) is 0 Å². The highest BCUT2D eigenvalue weighted by Gasteiger charge is 2.05. The molecule has 1 rings (SSSR count). The number of carbonyl (C=O) groups is 1. The van der Waals surface area contributed by atoms with Crippen LogP contribution in [0.15, 0.2) is 57.3 Å². The van der Waals surface area contributed by atoms with Crippen LogP contribution in [0.1, 0.15) is 25.8 Å². The fourth-order valence-corrected chi connectivity index (χ4v) is 2.36. The van der Waals surface area contributed by atoms with Crippen molar-refractivity contribution < 1.29 is 9.53 Å². The lowest BCUT2D eigenvalue weighted by Crippen LogP contribution is -1.98. The van der Waals surface area contributed by atoms with Crippen LogP contribution in [-0.2, 0) is 9.53 Å². The molecule has 23 heavy (non-hydrogen) atoms. The van der Waals surface area contributed by atoms with E-state index in [9.17, 15) is 4.79 Å². The molecule has 120 valence electrons. The number of rotatable bonds is 7. The first-order valence-corrected chi connectivity index (χ1v) is 7.94. The third-order valence-electron chi connectivity index (χ3n) is 2.83. The normalized spacial score (nSPS) is 9.87. The van der Waals surface area contributed by atoms with Crippen LogP contribution in [-0.4, -0.2) is 19.1 Å². The molecule has 0 saturated carbocycles. The standard InChI is InChI=1S/C17H18BrN3O2/c1-3-23-17(22)9-8-13(2)12-14(10-11-20-21-19)15-6-4-5-7-16(15)18/h4-9H,3,10-11H2,1-2H3/b9-8+. The lowest BCUT2D eigenvalue weighted by Gasteiger charge is -2.06. The van der Waals surface area contributed by atoms with Gasteiger partial charge in [-0.2, -0.15) is 0 Å². The minimum atomic E-state index is -0.384. The number of nitrogens with zero attached hydrogens (tertiary/aromatic N) is 3. The summed E-state index contributed by atoms with van der Waals surface area (Å²) in [6.45, 7) is 4.29. The number of ether oxygens (including phenoxy) is 1. The summed E-state index contributed by atoms with van der Waals surface area (Å²) < 4.78 is 5.78. The monoisotopic (exact) mass is 375 g/mol. The number of allylic oxidation sites excluding steroid dienone is 1. The minimum absolute atomic E-state index is 0.342. The van der Waals surface area contributed by atoms with E-state index in [1.165, 1.54) is 6.08 Å². The second-order valence-electron chi connectivity index (χ2n) is 4.56. The first-order valence-electron chi connectivity index (χ1n) is 7.15. The van der Waals surface area contributed by atoms with E-state index in [0.717, 1.165) is 21.2 Å². The van der Waals surface area contributed by atoms with Crippen molar-refractivity contribution in [3.8, 4) is 0 Å². The van der Waals surface area contributed by atoms with Crippen molar-refractivity contribution in [1.29, 1.82) is 0 Å². The Hall–Kier alpha value is -2.26. The molecule has 0 aliphatic carbocycles. The maximum absolute atomic E-state index is 11.3. The predicted octanol–water partition coefficient (Wildman–Crippen LogP) is 5.20. The van der Waals surface area contributed by atoms with Gasteiger partial charge >= 0.3 is 5.97 Å². The van der Waals surface area contributed by atoms with Crippen LogP contribution in [0.25, 0.3) is 16.0 Å². The van der Waals surface area contributed by atoms with Gasteiger partial charge in [0, 0.05) is 27.6 Å². The van der Waals surface area contributed by atoms with Gasteiger partial charge in [0.2, 0.25) is 0 Å². The van der Waals surface area contributed by atoms with Gasteiger partial charge in [-0.1, -0.05) is 39.2 Å². The highest BCUT2D eigenvalue weighted by molar-refractivity contribution is 9.10. The van der Waals surface area contributed by atoms with E-state index in [0.29, 0.717) is 19.6 Å². The number of halogens is 1. The third kappa shape index (κ3) is 7.02. The van der Waals surface area contributed by atoms with Gasteiger partial charge in [0.15, 0.2) is 0 Å². The average Bonchev–Trinajstić information content (AvgIpc) is 2.53. The van der Waals surface area contributed by atoms with Crippen LogP contribution in [0.2, 0.25) is 0 Å². The summed E-state index contributed by atoms with van der Waals surface area (Å²) in [5.41, 5.74) is 14.3. The quantitative estimate of drug-likeness (QED) is 0.125. The lowest BCUT2D eigenvalue weighted by atomic mass is 10.0. The third-order valence-corrected chi connectivity index (χ3v) is 3.52. The summed E-state index contributed by atoms with van der Waals surface area (Å²) >= 11 is 3.51. The topological polar surface area (TPSA) is 75.1 Å². The van der Waals surface area contributed by atoms with E-state index in [1.54, 1.807) is 13.0 Å². The molecule has 0 aliphatic heterocycles. The van der Waals surface area contributed by atoms with E-state index in [-0.39, 0.29) is 5.97 Å². The van der Waals surface area contributed by atoms with Gasteiger partial charge in [0.25, 0.3) is 0 Å². The van der Waals surface area contributed by atoms with Crippen molar-refractivity contribution in [2.45, 2.75) is 20.3 Å². The second-order valence-corrected chi connectivity index (χ2v) is 5.41. The molecule has 1 aromatic carbocycles. The van der Waals surface area contributed by atoms with Gasteiger partial charge in [0.05, 0.1) is 6.61 Å². The SMILES string of the molecule is CCOC(=O)/C=C/C(C)=C=C(CCN=[N+]=[N-])c1ccccc1Br. The van der Waals surface area contributed by atoms with E-state index < -0.39 is 0 Å². The van der Waals surface area contributed by atoms with E-state index in [4.69, 9.17) is 10.3 Å². The molecule has 1 aromatic rings. The molecule has 6 heteroatoms. The fourth-order valence-electron chi connectivity index (χ4n) is 1.84.